The van der Waals surface area contributed by atoms with E-state index in [1.807, 2.05) is 41.0 Å². The van der Waals surface area contributed by atoms with Gasteiger partial charge in [0.1, 0.15) is 0 Å². The zero-order valence-electron chi connectivity index (χ0n) is 13.2. The first-order valence-electron chi connectivity index (χ1n) is 8.02. The molecule has 1 aliphatic heterocycles. The standard InChI is InChI=1S/C18H20N4O/c1-20-12-14(16-5-2-3-6-17(16)20)11-18(23)21-10-7-15(13-21)22-9-4-8-19-22/h2-6,8-9,12,15H,7,10-11,13H2,1H3. The van der Waals surface area contributed by atoms with E-state index in [-0.39, 0.29) is 5.91 Å². The zero-order valence-corrected chi connectivity index (χ0v) is 13.2. The average Bonchev–Trinajstić information content (AvgIpc) is 3.28. The molecular weight excluding hydrogens is 288 g/mol. The molecule has 2 aromatic heterocycles. The number of hydrogen-bond acceptors (Lipinski definition) is 2. The summed E-state index contributed by atoms with van der Waals surface area (Å²) < 4.78 is 4.06. The number of carbonyl (C=O) groups is 1. The van der Waals surface area contributed by atoms with E-state index in [4.69, 9.17) is 0 Å². The highest BCUT2D eigenvalue weighted by molar-refractivity contribution is 5.89. The normalized spacial score (nSPS) is 18.0. The molecule has 0 spiro atoms. The third kappa shape index (κ3) is 2.52. The minimum atomic E-state index is 0.205. The SMILES string of the molecule is Cn1cc(CC(=O)N2CCC(n3cccn3)C2)c2ccccc21. The first-order valence-corrected chi connectivity index (χ1v) is 8.02. The number of fused-ring (bicyclic) bond motifs is 1. The van der Waals surface area contributed by atoms with Gasteiger partial charge in [-0.05, 0) is 24.1 Å². The molecule has 0 aliphatic carbocycles. The van der Waals surface area contributed by atoms with Gasteiger partial charge in [-0.25, -0.2) is 0 Å². The number of nitrogens with zero attached hydrogens (tertiary/aromatic N) is 4. The van der Waals surface area contributed by atoms with Gasteiger partial charge in [0, 0.05) is 49.6 Å². The number of likely N-dealkylation sites (tertiary alicyclic amines) is 1. The Hall–Kier alpha value is -2.56. The van der Waals surface area contributed by atoms with Gasteiger partial charge < -0.3 is 9.47 Å². The molecule has 0 N–H and O–H groups in total. The lowest BCUT2D eigenvalue weighted by Gasteiger charge is -2.16. The van der Waals surface area contributed by atoms with Gasteiger partial charge >= 0.3 is 0 Å². The molecule has 1 amide bonds. The van der Waals surface area contributed by atoms with Gasteiger partial charge in [-0.1, -0.05) is 18.2 Å². The van der Waals surface area contributed by atoms with Crippen molar-refractivity contribution in [3.8, 4) is 0 Å². The number of aromatic nitrogens is 3. The molecule has 0 saturated carbocycles. The van der Waals surface area contributed by atoms with Crippen molar-refractivity contribution in [1.82, 2.24) is 19.2 Å². The number of para-hydroxylation sites is 1. The Balaban J connectivity index is 1.50. The van der Waals surface area contributed by atoms with E-state index in [1.165, 1.54) is 10.9 Å². The average molecular weight is 308 g/mol. The summed E-state index contributed by atoms with van der Waals surface area (Å²) in [6, 6.07) is 10.5. The van der Waals surface area contributed by atoms with Crippen LogP contribution in [-0.2, 0) is 18.3 Å². The molecule has 0 radical (unpaired) electrons. The second kappa shape index (κ2) is 5.57. The van der Waals surface area contributed by atoms with Crippen molar-refractivity contribution in [3.05, 3.63) is 54.5 Å². The van der Waals surface area contributed by atoms with Crippen LogP contribution in [0.4, 0.5) is 0 Å². The molecule has 3 heterocycles. The number of amides is 1. The minimum Gasteiger partial charge on any atom is -0.350 e. The van der Waals surface area contributed by atoms with Crippen LogP contribution >= 0.6 is 0 Å². The van der Waals surface area contributed by atoms with E-state index in [1.54, 1.807) is 6.20 Å². The summed E-state index contributed by atoms with van der Waals surface area (Å²) in [6.45, 7) is 1.57. The van der Waals surface area contributed by atoms with Crippen molar-refractivity contribution in [1.29, 1.82) is 0 Å². The lowest BCUT2D eigenvalue weighted by molar-refractivity contribution is -0.129. The lowest BCUT2D eigenvalue weighted by Crippen LogP contribution is -2.30. The summed E-state index contributed by atoms with van der Waals surface area (Å²) >= 11 is 0. The number of benzene rings is 1. The Kier molecular flexibility index (Phi) is 3.41. The van der Waals surface area contributed by atoms with Crippen LogP contribution in [0.3, 0.4) is 0 Å². The van der Waals surface area contributed by atoms with E-state index in [2.05, 4.69) is 28.0 Å². The molecular formula is C18H20N4O. The summed E-state index contributed by atoms with van der Waals surface area (Å²) in [7, 11) is 2.03. The monoisotopic (exact) mass is 308 g/mol. The fourth-order valence-corrected chi connectivity index (χ4v) is 3.52. The fraction of sp³-hybridized carbons (Fsp3) is 0.333. The Morgan fingerprint density at radius 3 is 3.00 bits per heavy atom. The Morgan fingerprint density at radius 2 is 2.17 bits per heavy atom. The highest BCUT2D eigenvalue weighted by Gasteiger charge is 2.27. The summed E-state index contributed by atoms with van der Waals surface area (Å²) in [6.07, 6.45) is 7.28. The summed E-state index contributed by atoms with van der Waals surface area (Å²) in [5.41, 5.74) is 2.28. The van der Waals surface area contributed by atoms with Crippen molar-refractivity contribution >= 4 is 16.8 Å². The van der Waals surface area contributed by atoms with Gasteiger partial charge in [0.2, 0.25) is 5.91 Å². The fourth-order valence-electron chi connectivity index (χ4n) is 3.52. The molecule has 23 heavy (non-hydrogen) atoms. The van der Waals surface area contributed by atoms with Gasteiger partial charge in [0.05, 0.1) is 12.5 Å². The molecule has 3 aromatic rings. The molecule has 1 unspecified atom stereocenters. The summed E-state index contributed by atoms with van der Waals surface area (Å²) in [5, 5.41) is 5.47. The van der Waals surface area contributed by atoms with Crippen LogP contribution in [-0.4, -0.2) is 38.2 Å². The van der Waals surface area contributed by atoms with Crippen LogP contribution < -0.4 is 0 Å². The van der Waals surface area contributed by atoms with Crippen molar-refractivity contribution < 1.29 is 4.79 Å². The second-order valence-electron chi connectivity index (χ2n) is 6.23. The maximum atomic E-state index is 12.7. The maximum Gasteiger partial charge on any atom is 0.227 e. The van der Waals surface area contributed by atoms with E-state index < -0.39 is 0 Å². The Morgan fingerprint density at radius 1 is 1.30 bits per heavy atom. The highest BCUT2D eigenvalue weighted by atomic mass is 16.2. The molecule has 1 atom stereocenters. The van der Waals surface area contributed by atoms with E-state index in [0.717, 1.165) is 25.1 Å². The predicted molar refractivity (Wildman–Crippen MR) is 89.1 cm³/mol. The smallest absolute Gasteiger partial charge is 0.227 e. The molecule has 0 bridgehead atoms. The van der Waals surface area contributed by atoms with Crippen LogP contribution in [0.1, 0.15) is 18.0 Å². The van der Waals surface area contributed by atoms with Crippen molar-refractivity contribution in [3.63, 3.8) is 0 Å². The van der Waals surface area contributed by atoms with Crippen LogP contribution in [0.15, 0.2) is 48.9 Å². The van der Waals surface area contributed by atoms with Gasteiger partial charge in [-0.15, -0.1) is 0 Å². The number of carbonyl (C=O) groups excluding carboxylic acids is 1. The van der Waals surface area contributed by atoms with Crippen molar-refractivity contribution in [2.75, 3.05) is 13.1 Å². The lowest BCUT2D eigenvalue weighted by atomic mass is 10.1. The predicted octanol–water partition coefficient (Wildman–Crippen LogP) is 2.39. The second-order valence-corrected chi connectivity index (χ2v) is 6.23. The highest BCUT2D eigenvalue weighted by Crippen LogP contribution is 2.24. The first kappa shape index (κ1) is 14.1. The molecule has 5 heteroatoms. The maximum absolute atomic E-state index is 12.7. The quantitative estimate of drug-likeness (QED) is 0.745. The van der Waals surface area contributed by atoms with Gasteiger partial charge in [-0.2, -0.15) is 5.10 Å². The third-order valence-corrected chi connectivity index (χ3v) is 4.74. The molecule has 1 aromatic carbocycles. The first-order chi connectivity index (χ1) is 11.2. The van der Waals surface area contributed by atoms with E-state index in [9.17, 15) is 4.79 Å². The van der Waals surface area contributed by atoms with Crippen LogP contribution in [0.2, 0.25) is 0 Å². The molecule has 1 aliphatic rings. The van der Waals surface area contributed by atoms with Crippen LogP contribution in [0.25, 0.3) is 10.9 Å². The van der Waals surface area contributed by atoms with Crippen molar-refractivity contribution in [2.24, 2.45) is 7.05 Å². The number of hydrogen-bond donors (Lipinski definition) is 0. The number of rotatable bonds is 3. The topological polar surface area (TPSA) is 43.1 Å². The van der Waals surface area contributed by atoms with Gasteiger partial charge in [0.15, 0.2) is 0 Å². The molecule has 1 fully saturated rings. The van der Waals surface area contributed by atoms with Crippen LogP contribution in [0.5, 0.6) is 0 Å². The third-order valence-electron chi connectivity index (χ3n) is 4.74. The number of aryl methyl sites for hydroxylation is 1. The molecule has 1 saturated heterocycles. The minimum absolute atomic E-state index is 0.205. The Labute approximate surface area is 135 Å². The van der Waals surface area contributed by atoms with E-state index in [0.29, 0.717) is 12.5 Å². The molecule has 5 nitrogen and oxygen atoms in total. The zero-order chi connectivity index (χ0) is 15.8. The molecule has 118 valence electrons. The van der Waals surface area contributed by atoms with E-state index >= 15 is 0 Å². The van der Waals surface area contributed by atoms with Gasteiger partial charge in [-0.3, -0.25) is 9.48 Å². The van der Waals surface area contributed by atoms with Crippen LogP contribution in [0, 0.1) is 0 Å². The Bertz CT molecular complexity index is 834. The largest absolute Gasteiger partial charge is 0.350 e. The van der Waals surface area contributed by atoms with Crippen molar-refractivity contribution in [2.45, 2.75) is 18.9 Å². The summed E-state index contributed by atoms with van der Waals surface area (Å²) in [4.78, 5) is 14.6. The molecule has 4 rings (SSSR count). The van der Waals surface area contributed by atoms with Gasteiger partial charge in [0.25, 0.3) is 0 Å². The summed E-state index contributed by atoms with van der Waals surface area (Å²) in [5.74, 6) is 0.205.